The number of rotatable bonds is 8. The number of hydrogen-bond acceptors (Lipinski definition) is 6. The molecule has 5 nitrogen and oxygen atoms in total. The molecule has 0 spiro atoms. The molecule has 1 saturated heterocycles. The zero-order chi connectivity index (χ0) is 45.0. The van der Waals surface area contributed by atoms with Crippen LogP contribution in [0.2, 0.25) is 0 Å². The average molecular weight is 914 g/mol. The molecule has 13 rings (SSSR count). The minimum atomic E-state index is -0.0852. The minimum absolute atomic E-state index is 0.0852. The number of nitrogens with zero attached hydrogens (tertiary/aromatic N) is 4. The van der Waals surface area contributed by atoms with Crippen molar-refractivity contribution in [2.45, 2.75) is 146 Å². The Balaban J connectivity index is 0.912. The van der Waals surface area contributed by atoms with Gasteiger partial charge in [-0.2, -0.15) is 0 Å². The first-order valence-electron chi connectivity index (χ1n) is 26.8. The van der Waals surface area contributed by atoms with Crippen molar-refractivity contribution in [1.82, 2.24) is 10.2 Å². The summed E-state index contributed by atoms with van der Waals surface area (Å²) < 4.78 is 0. The number of likely N-dealkylation sites (tertiary alicyclic amines) is 1. The van der Waals surface area contributed by atoms with E-state index in [1.807, 2.05) is 0 Å². The van der Waals surface area contributed by atoms with Crippen LogP contribution < -0.4 is 5.32 Å². The first-order valence-corrected chi connectivity index (χ1v) is 27.6. The van der Waals surface area contributed by atoms with E-state index in [-0.39, 0.29) is 12.1 Å². The van der Waals surface area contributed by atoms with Gasteiger partial charge in [0.1, 0.15) is 17.8 Å². The summed E-state index contributed by atoms with van der Waals surface area (Å²) in [6.45, 7) is 0. The number of thiophene rings is 1. The maximum Gasteiger partial charge on any atom is 0.147 e. The van der Waals surface area contributed by atoms with Crippen molar-refractivity contribution in [1.29, 1.82) is 0 Å². The molecule has 1 aromatic rings. The Morgan fingerprint density at radius 3 is 2.35 bits per heavy atom. The number of fused-ring (bicyclic) bond motifs is 7. The number of hydrogen-bond donors (Lipinski definition) is 1. The summed E-state index contributed by atoms with van der Waals surface area (Å²) in [5, 5.41) is 4.00. The van der Waals surface area contributed by atoms with E-state index >= 15 is 0 Å². The summed E-state index contributed by atoms with van der Waals surface area (Å²) in [4.78, 5) is 22.9. The molecule has 8 unspecified atom stereocenters. The Morgan fingerprint density at radius 2 is 1.54 bits per heavy atom. The van der Waals surface area contributed by atoms with Crippen molar-refractivity contribution < 1.29 is 0 Å². The highest BCUT2D eigenvalue weighted by atomic mass is 32.1. The Bertz CT molecular complexity index is 2800. The van der Waals surface area contributed by atoms with Gasteiger partial charge >= 0.3 is 0 Å². The van der Waals surface area contributed by atoms with Crippen LogP contribution in [0, 0.1) is 23.7 Å². The van der Waals surface area contributed by atoms with Gasteiger partial charge in [-0.15, -0.1) is 11.3 Å². The first kappa shape index (κ1) is 42.7. The molecular formula is C62H67N5S. The summed E-state index contributed by atoms with van der Waals surface area (Å²) in [7, 11) is 0. The molecule has 346 valence electrons. The van der Waals surface area contributed by atoms with Crippen LogP contribution in [0.1, 0.15) is 142 Å². The second-order valence-electron chi connectivity index (χ2n) is 21.3. The van der Waals surface area contributed by atoms with Crippen LogP contribution in [-0.4, -0.2) is 41.0 Å². The third-order valence-corrected chi connectivity index (χ3v) is 18.6. The van der Waals surface area contributed by atoms with Gasteiger partial charge in [-0.3, -0.25) is 4.99 Å². The van der Waals surface area contributed by atoms with Crippen molar-refractivity contribution in [3.05, 3.63) is 175 Å². The fourth-order valence-electron chi connectivity index (χ4n) is 13.8. The Morgan fingerprint density at radius 1 is 0.676 bits per heavy atom. The fraction of sp³-hybridized carbons (Fsp3) is 0.435. The molecule has 0 aromatic carbocycles. The van der Waals surface area contributed by atoms with Gasteiger partial charge in [-0.05, 0) is 179 Å². The largest absolute Gasteiger partial charge is 0.364 e. The number of amidine groups is 2. The molecule has 0 amide bonds. The monoisotopic (exact) mass is 914 g/mol. The molecule has 3 aliphatic heterocycles. The Kier molecular flexibility index (Phi) is 11.7. The van der Waals surface area contributed by atoms with E-state index in [1.54, 1.807) is 16.1 Å². The van der Waals surface area contributed by atoms with E-state index in [0.29, 0.717) is 35.8 Å². The normalized spacial score (nSPS) is 32.6. The number of nitrogens with one attached hydrogen (secondary N) is 1. The summed E-state index contributed by atoms with van der Waals surface area (Å²) in [6.07, 6.45) is 69.7. The van der Waals surface area contributed by atoms with Crippen LogP contribution in [0.3, 0.4) is 0 Å². The van der Waals surface area contributed by atoms with Gasteiger partial charge in [0, 0.05) is 62.9 Å². The Hall–Kier alpha value is -5.33. The smallest absolute Gasteiger partial charge is 0.147 e. The third kappa shape index (κ3) is 7.87. The molecule has 0 bridgehead atoms. The quantitative estimate of drug-likeness (QED) is 0.264. The minimum Gasteiger partial charge on any atom is -0.364 e. The van der Waals surface area contributed by atoms with Gasteiger partial charge < -0.3 is 10.2 Å². The van der Waals surface area contributed by atoms with Gasteiger partial charge in [-0.25, -0.2) is 9.98 Å². The van der Waals surface area contributed by atoms with E-state index in [2.05, 4.69) is 143 Å². The average Bonchev–Trinajstić information content (AvgIpc) is 3.97. The van der Waals surface area contributed by atoms with Crippen molar-refractivity contribution in [3.8, 4) is 0 Å². The highest BCUT2D eigenvalue weighted by molar-refractivity contribution is 7.13. The van der Waals surface area contributed by atoms with Crippen molar-refractivity contribution in [3.63, 3.8) is 0 Å². The predicted molar refractivity (Wildman–Crippen MR) is 286 cm³/mol. The van der Waals surface area contributed by atoms with Gasteiger partial charge in [0.05, 0.1) is 11.7 Å². The van der Waals surface area contributed by atoms with Crippen LogP contribution in [0.15, 0.2) is 169 Å². The summed E-state index contributed by atoms with van der Waals surface area (Å²) >= 11 is 2.10. The summed E-state index contributed by atoms with van der Waals surface area (Å²) in [6, 6.07) is 1.02. The van der Waals surface area contributed by atoms with E-state index in [1.165, 1.54) is 68.7 Å². The molecule has 68 heavy (non-hydrogen) atoms. The van der Waals surface area contributed by atoms with Crippen LogP contribution in [-0.2, 0) is 6.42 Å². The van der Waals surface area contributed by atoms with Gasteiger partial charge in [0.15, 0.2) is 0 Å². The standard InChI is InChI=1S/C62H67N5S/c1-6-18-40(19-7-1)44-30-32-48(41-20-8-2-9-21-41)52(36-44)46-37-53(62-65-60(42-22-10-3-11-23-42)64-61(66-62)43-24-12-4-13-25-43)58(63-39-46)45-31-33-49-50-34-35-55-57(59(50)68-56(49)38-45)51-28-16-17-29-54(51)67(55)47-26-14-5-15-27-47/h3,5-6,8,10,12,14,16-21,24,29,34-36,38-39,42-43,46-47,51,55,57,60H,1-2,4,7,9,11,13,15,22-23,25-28,30-33,37H2,(H,64,65,66). The predicted octanol–water partition coefficient (Wildman–Crippen LogP) is 14.8. The lowest BCUT2D eigenvalue weighted by atomic mass is 9.76. The molecule has 12 aliphatic rings. The van der Waals surface area contributed by atoms with E-state index < -0.39 is 0 Å². The molecule has 1 aromatic heterocycles. The first-order chi connectivity index (χ1) is 33.7. The Labute approximate surface area is 409 Å². The van der Waals surface area contributed by atoms with Crippen LogP contribution in [0.4, 0.5) is 0 Å². The van der Waals surface area contributed by atoms with Gasteiger partial charge in [0.2, 0.25) is 0 Å². The lowest BCUT2D eigenvalue weighted by Gasteiger charge is -2.38. The van der Waals surface area contributed by atoms with Crippen molar-refractivity contribution in [2.75, 3.05) is 0 Å². The molecule has 0 radical (unpaired) electrons. The van der Waals surface area contributed by atoms with Crippen LogP contribution in [0.25, 0.3) is 12.2 Å². The zero-order valence-corrected chi connectivity index (χ0v) is 40.6. The fourth-order valence-corrected chi connectivity index (χ4v) is 15.3. The lowest BCUT2D eigenvalue weighted by molar-refractivity contribution is 0.222. The molecule has 0 saturated carbocycles. The second-order valence-corrected chi connectivity index (χ2v) is 22.4. The second kappa shape index (κ2) is 18.5. The van der Waals surface area contributed by atoms with E-state index in [0.717, 1.165) is 120 Å². The highest BCUT2D eigenvalue weighted by Gasteiger charge is 2.50. The van der Waals surface area contributed by atoms with Gasteiger partial charge in [0.25, 0.3) is 0 Å². The number of allylic oxidation sites excluding steroid dienone is 21. The SMILES string of the molecule is C1=CCC2C(=C1)N(C1CC=CCC1)C1C=Cc3c(sc4c3CCC(C3=C(C5=NC(C6CC=CCC6)N=C(C6C=CCCC6)N5)CC(C5=C(C6=CCCC=C6)CCC(C6=CCCC=C6)=C5)C=N3)=C4)C21. The lowest BCUT2D eigenvalue weighted by Crippen LogP contribution is -2.44. The van der Waals surface area contributed by atoms with Crippen molar-refractivity contribution >= 4 is 41.4 Å². The highest BCUT2D eigenvalue weighted by Crippen LogP contribution is 2.56. The third-order valence-electron chi connectivity index (χ3n) is 17.3. The molecule has 9 aliphatic carbocycles. The topological polar surface area (TPSA) is 52.4 Å². The number of aliphatic imine (C=N–C) groups is 3. The van der Waals surface area contributed by atoms with E-state index in [4.69, 9.17) is 15.0 Å². The summed E-state index contributed by atoms with van der Waals surface area (Å²) in [5.74, 6) is 4.06. The van der Waals surface area contributed by atoms with Crippen LogP contribution >= 0.6 is 11.3 Å². The molecule has 6 heteroatoms. The maximum atomic E-state index is 5.72. The maximum absolute atomic E-state index is 5.72. The molecular weight excluding hydrogens is 847 g/mol. The zero-order valence-electron chi connectivity index (χ0n) is 39.8. The molecule has 8 atom stereocenters. The molecule has 4 heterocycles. The van der Waals surface area contributed by atoms with Crippen molar-refractivity contribution in [2.24, 2.45) is 38.6 Å². The van der Waals surface area contributed by atoms with Crippen LogP contribution in [0.5, 0.6) is 0 Å². The van der Waals surface area contributed by atoms with E-state index in [9.17, 15) is 0 Å². The van der Waals surface area contributed by atoms with Gasteiger partial charge in [-0.1, -0.05) is 103 Å². The molecule has 1 N–H and O–H groups in total. The summed E-state index contributed by atoms with van der Waals surface area (Å²) in [5.41, 5.74) is 15.8. The molecule has 1 fully saturated rings.